The Morgan fingerprint density at radius 2 is 1.46 bits per heavy atom. The van der Waals surface area contributed by atoms with Gasteiger partial charge >= 0.3 is 0 Å². The summed E-state index contributed by atoms with van der Waals surface area (Å²) in [4.78, 5) is 14.3. The van der Waals surface area contributed by atoms with E-state index in [2.05, 4.69) is 0 Å². The molecule has 2 aromatic rings. The van der Waals surface area contributed by atoms with Gasteiger partial charge in [-0.3, -0.25) is 4.79 Å². The number of sulfonamides is 1. The third-order valence-corrected chi connectivity index (χ3v) is 6.77. The van der Waals surface area contributed by atoms with E-state index in [1.165, 1.54) is 4.31 Å². The second kappa shape index (κ2) is 7.96. The number of carbonyl (C=O) groups is 1. The minimum Gasteiger partial charge on any atom is -0.336 e. The number of hydrogen-bond donors (Lipinski definition) is 0. The summed E-state index contributed by atoms with van der Waals surface area (Å²) < 4.78 is 26.6. The number of amides is 1. The van der Waals surface area contributed by atoms with Crippen LogP contribution in [-0.4, -0.2) is 49.7 Å². The molecular weight excluding hydrogens is 395 g/mol. The predicted molar refractivity (Wildman–Crippen MR) is 103 cm³/mol. The summed E-state index contributed by atoms with van der Waals surface area (Å²) in [5, 5.41) is 0.586. The molecule has 138 valence electrons. The lowest BCUT2D eigenvalue weighted by atomic mass is 10.2. The van der Waals surface area contributed by atoms with E-state index in [4.69, 9.17) is 23.2 Å². The van der Waals surface area contributed by atoms with Gasteiger partial charge in [0.05, 0.1) is 21.4 Å². The molecule has 0 radical (unpaired) electrons. The van der Waals surface area contributed by atoms with E-state index in [0.717, 1.165) is 5.56 Å². The molecule has 1 amide bonds. The minimum atomic E-state index is -3.42. The highest BCUT2D eigenvalue weighted by Crippen LogP contribution is 2.26. The average molecular weight is 413 g/mol. The Bertz CT molecular complexity index is 876. The number of benzene rings is 2. The molecule has 1 saturated heterocycles. The largest absolute Gasteiger partial charge is 0.336 e. The van der Waals surface area contributed by atoms with E-state index in [1.807, 2.05) is 18.2 Å². The van der Waals surface area contributed by atoms with E-state index in [9.17, 15) is 13.2 Å². The molecule has 0 aromatic heterocycles. The Kier molecular flexibility index (Phi) is 5.87. The van der Waals surface area contributed by atoms with Crippen LogP contribution in [0.1, 0.15) is 15.9 Å². The van der Waals surface area contributed by atoms with Crippen molar-refractivity contribution in [3.63, 3.8) is 0 Å². The SMILES string of the molecule is O=C(c1c(Cl)cccc1Cl)N1CCN(S(=O)(=O)Cc2ccccc2)CC1. The van der Waals surface area contributed by atoms with Crippen molar-refractivity contribution in [3.05, 3.63) is 69.7 Å². The van der Waals surface area contributed by atoms with Crippen molar-refractivity contribution in [2.45, 2.75) is 5.75 Å². The van der Waals surface area contributed by atoms with E-state index in [0.29, 0.717) is 23.1 Å². The molecule has 0 aliphatic carbocycles. The van der Waals surface area contributed by atoms with Gasteiger partial charge in [0.25, 0.3) is 5.91 Å². The van der Waals surface area contributed by atoms with E-state index < -0.39 is 10.0 Å². The zero-order chi connectivity index (χ0) is 18.7. The molecule has 2 aromatic carbocycles. The fraction of sp³-hybridized carbons (Fsp3) is 0.278. The number of rotatable bonds is 4. The van der Waals surface area contributed by atoms with Crippen molar-refractivity contribution in [2.75, 3.05) is 26.2 Å². The molecule has 0 bridgehead atoms. The topological polar surface area (TPSA) is 57.7 Å². The van der Waals surface area contributed by atoms with Gasteiger partial charge in [-0.1, -0.05) is 59.6 Å². The Labute approximate surface area is 163 Å². The van der Waals surface area contributed by atoms with Crippen LogP contribution in [0.2, 0.25) is 10.0 Å². The van der Waals surface area contributed by atoms with Crippen LogP contribution in [0, 0.1) is 0 Å². The number of piperazine rings is 1. The second-order valence-electron chi connectivity index (χ2n) is 6.03. The third-order valence-electron chi connectivity index (χ3n) is 4.29. The van der Waals surface area contributed by atoms with Crippen LogP contribution < -0.4 is 0 Å². The third kappa shape index (κ3) is 4.20. The zero-order valence-corrected chi connectivity index (χ0v) is 16.3. The second-order valence-corrected chi connectivity index (χ2v) is 8.81. The summed E-state index contributed by atoms with van der Waals surface area (Å²) in [5.74, 6) is -0.321. The molecule has 5 nitrogen and oxygen atoms in total. The molecule has 0 saturated carbocycles. The summed E-state index contributed by atoms with van der Waals surface area (Å²) in [7, 11) is -3.42. The lowest BCUT2D eigenvalue weighted by molar-refractivity contribution is 0.0698. The molecule has 0 atom stereocenters. The molecule has 3 rings (SSSR count). The summed E-state index contributed by atoms with van der Waals surface area (Å²) in [5.41, 5.74) is 1.00. The monoisotopic (exact) mass is 412 g/mol. The molecule has 1 fully saturated rings. The maximum atomic E-state index is 12.7. The van der Waals surface area contributed by atoms with Crippen molar-refractivity contribution >= 4 is 39.1 Å². The van der Waals surface area contributed by atoms with Crippen LogP contribution in [-0.2, 0) is 15.8 Å². The predicted octanol–water partition coefficient (Wildman–Crippen LogP) is 3.28. The van der Waals surface area contributed by atoms with Crippen molar-refractivity contribution in [2.24, 2.45) is 0 Å². The van der Waals surface area contributed by atoms with Crippen molar-refractivity contribution < 1.29 is 13.2 Å². The molecule has 0 unspecified atom stereocenters. The minimum absolute atomic E-state index is 0.0435. The first-order valence-corrected chi connectivity index (χ1v) is 10.5. The highest BCUT2D eigenvalue weighted by Gasteiger charge is 2.30. The summed E-state index contributed by atoms with van der Waals surface area (Å²) in [6, 6.07) is 14.0. The van der Waals surface area contributed by atoms with Gasteiger partial charge in [0.2, 0.25) is 10.0 Å². The lowest BCUT2D eigenvalue weighted by Gasteiger charge is -2.34. The fourth-order valence-corrected chi connectivity index (χ4v) is 4.98. The summed E-state index contributed by atoms with van der Waals surface area (Å²) >= 11 is 12.2. The smallest absolute Gasteiger partial charge is 0.256 e. The first-order chi connectivity index (χ1) is 12.4. The molecule has 1 heterocycles. The fourth-order valence-electron chi connectivity index (χ4n) is 2.91. The van der Waals surface area contributed by atoms with E-state index >= 15 is 0 Å². The molecular formula is C18H18Cl2N2O3S. The van der Waals surface area contributed by atoms with Crippen LogP contribution in [0.25, 0.3) is 0 Å². The molecule has 0 N–H and O–H groups in total. The lowest BCUT2D eigenvalue weighted by Crippen LogP contribution is -2.50. The van der Waals surface area contributed by atoms with Crippen LogP contribution in [0.5, 0.6) is 0 Å². The summed E-state index contributed by atoms with van der Waals surface area (Å²) in [6.07, 6.45) is 0. The van der Waals surface area contributed by atoms with Crippen LogP contribution >= 0.6 is 23.2 Å². The van der Waals surface area contributed by atoms with Gasteiger partial charge in [0, 0.05) is 26.2 Å². The Hall–Kier alpha value is -1.60. The maximum Gasteiger partial charge on any atom is 0.256 e. The van der Waals surface area contributed by atoms with Gasteiger partial charge in [0.1, 0.15) is 0 Å². The van der Waals surface area contributed by atoms with E-state index in [-0.39, 0.29) is 30.3 Å². The maximum absolute atomic E-state index is 12.7. The van der Waals surface area contributed by atoms with Gasteiger partial charge in [-0.25, -0.2) is 8.42 Å². The first kappa shape index (κ1) is 19.2. The molecule has 26 heavy (non-hydrogen) atoms. The Balaban J connectivity index is 1.66. The molecule has 1 aliphatic heterocycles. The van der Waals surface area contributed by atoms with Crippen LogP contribution in [0.15, 0.2) is 48.5 Å². The molecule has 0 spiro atoms. The highest BCUT2D eigenvalue weighted by atomic mass is 35.5. The summed E-state index contributed by atoms with van der Waals surface area (Å²) in [6.45, 7) is 1.11. The number of carbonyl (C=O) groups excluding carboxylic acids is 1. The standard InChI is InChI=1S/C18H18Cl2N2O3S/c19-15-7-4-8-16(20)17(15)18(23)21-9-11-22(12-10-21)26(24,25)13-14-5-2-1-3-6-14/h1-8H,9-13H2. The quantitative estimate of drug-likeness (QED) is 0.773. The zero-order valence-electron chi connectivity index (χ0n) is 13.9. The number of nitrogens with zero attached hydrogens (tertiary/aromatic N) is 2. The van der Waals surface area contributed by atoms with Gasteiger partial charge < -0.3 is 4.90 Å². The van der Waals surface area contributed by atoms with Crippen LogP contribution in [0.3, 0.4) is 0 Å². The van der Waals surface area contributed by atoms with Crippen molar-refractivity contribution in [1.82, 2.24) is 9.21 Å². The average Bonchev–Trinajstić information content (AvgIpc) is 2.62. The van der Waals surface area contributed by atoms with Gasteiger partial charge in [-0.15, -0.1) is 0 Å². The van der Waals surface area contributed by atoms with Crippen LogP contribution in [0.4, 0.5) is 0 Å². The Morgan fingerprint density at radius 1 is 0.885 bits per heavy atom. The van der Waals surface area contributed by atoms with Gasteiger partial charge in [-0.2, -0.15) is 4.31 Å². The molecule has 1 aliphatic rings. The van der Waals surface area contributed by atoms with Gasteiger partial charge in [0.15, 0.2) is 0 Å². The van der Waals surface area contributed by atoms with Gasteiger partial charge in [-0.05, 0) is 17.7 Å². The number of hydrogen-bond acceptors (Lipinski definition) is 3. The van der Waals surface area contributed by atoms with E-state index in [1.54, 1.807) is 35.2 Å². The van der Waals surface area contributed by atoms with Crippen molar-refractivity contribution in [3.8, 4) is 0 Å². The first-order valence-electron chi connectivity index (χ1n) is 8.13. The normalized spacial score (nSPS) is 15.8. The molecule has 8 heteroatoms. The number of halogens is 2. The highest BCUT2D eigenvalue weighted by molar-refractivity contribution is 7.88. The van der Waals surface area contributed by atoms with Crippen molar-refractivity contribution in [1.29, 1.82) is 0 Å². The Morgan fingerprint density at radius 3 is 2.04 bits per heavy atom.